The van der Waals surface area contributed by atoms with Gasteiger partial charge >= 0.3 is 0 Å². The van der Waals surface area contributed by atoms with Crippen LogP contribution < -0.4 is 9.64 Å². The second-order valence-electron chi connectivity index (χ2n) is 5.15. The Morgan fingerprint density at radius 1 is 1.50 bits per heavy atom. The highest BCUT2D eigenvalue weighted by atomic mass is 35.5. The van der Waals surface area contributed by atoms with E-state index in [0.29, 0.717) is 30.3 Å². The number of aromatic nitrogens is 3. The van der Waals surface area contributed by atoms with E-state index in [1.54, 1.807) is 22.0 Å². The molecule has 0 unspecified atom stereocenters. The number of hydrogen-bond donors (Lipinski definition) is 0. The molecule has 116 valence electrons. The van der Waals surface area contributed by atoms with Crippen LogP contribution in [0, 0.1) is 0 Å². The number of rotatable bonds is 4. The van der Waals surface area contributed by atoms with Crippen molar-refractivity contribution < 1.29 is 9.53 Å². The fourth-order valence-corrected chi connectivity index (χ4v) is 2.69. The zero-order valence-corrected chi connectivity index (χ0v) is 13.0. The monoisotopic (exact) mass is 320 g/mol. The number of aryl methyl sites for hydroxylation is 1. The molecule has 2 aromatic rings. The first-order valence-electron chi connectivity index (χ1n) is 7.27. The quantitative estimate of drug-likeness (QED) is 0.868. The van der Waals surface area contributed by atoms with Gasteiger partial charge in [-0.1, -0.05) is 24.6 Å². The maximum Gasteiger partial charge on any atom is 0.229 e. The Labute approximate surface area is 133 Å². The van der Waals surface area contributed by atoms with Crippen LogP contribution in [0.4, 0.5) is 5.69 Å². The molecule has 0 aliphatic carbocycles. The van der Waals surface area contributed by atoms with Gasteiger partial charge in [0.05, 0.1) is 23.8 Å². The molecule has 1 atom stereocenters. The molecule has 1 aromatic heterocycles. The summed E-state index contributed by atoms with van der Waals surface area (Å²) in [6, 6.07) is 5.46. The SMILES string of the molecule is CC[C@@H]1CN(C(=O)CCn2cncn2)c2cccc(Cl)c2O1. The average Bonchev–Trinajstić information content (AvgIpc) is 3.05. The summed E-state index contributed by atoms with van der Waals surface area (Å²) in [5, 5.41) is 4.54. The minimum absolute atomic E-state index is 0.0285. The zero-order valence-electron chi connectivity index (χ0n) is 12.3. The maximum atomic E-state index is 12.6. The Bertz CT molecular complexity index is 660. The maximum absolute atomic E-state index is 12.6. The van der Waals surface area contributed by atoms with E-state index in [1.807, 2.05) is 19.1 Å². The molecule has 22 heavy (non-hydrogen) atoms. The first-order valence-corrected chi connectivity index (χ1v) is 7.64. The molecule has 0 saturated heterocycles. The van der Waals surface area contributed by atoms with Gasteiger partial charge in [0, 0.05) is 6.42 Å². The second kappa shape index (κ2) is 6.36. The van der Waals surface area contributed by atoms with E-state index in [4.69, 9.17) is 16.3 Å². The van der Waals surface area contributed by atoms with Crippen LogP contribution >= 0.6 is 11.6 Å². The van der Waals surface area contributed by atoms with Gasteiger partial charge < -0.3 is 9.64 Å². The third-order valence-corrected chi connectivity index (χ3v) is 3.98. The minimum Gasteiger partial charge on any atom is -0.485 e. The molecule has 1 aliphatic heterocycles. The number of carbonyl (C=O) groups excluding carboxylic acids is 1. The molecule has 0 bridgehead atoms. The number of ether oxygens (including phenoxy) is 1. The molecule has 2 heterocycles. The van der Waals surface area contributed by atoms with Crippen molar-refractivity contribution in [2.75, 3.05) is 11.4 Å². The Morgan fingerprint density at radius 3 is 3.09 bits per heavy atom. The third kappa shape index (κ3) is 2.92. The Hall–Kier alpha value is -2.08. The van der Waals surface area contributed by atoms with Crippen LogP contribution in [-0.2, 0) is 11.3 Å². The number of anilines is 1. The van der Waals surface area contributed by atoms with Gasteiger partial charge in [-0.25, -0.2) is 4.98 Å². The van der Waals surface area contributed by atoms with Crippen molar-refractivity contribution in [3.63, 3.8) is 0 Å². The summed E-state index contributed by atoms with van der Waals surface area (Å²) in [5.74, 6) is 0.622. The standard InChI is InChI=1S/C15H17ClN4O2/c1-2-11-8-20(13-5-3-4-12(16)15(13)22-11)14(21)6-7-19-10-17-9-18-19/h3-5,9-11H,2,6-8H2,1H3/t11-/m1/s1. The first kappa shape index (κ1) is 14.8. The van der Waals surface area contributed by atoms with Gasteiger partial charge in [-0.15, -0.1) is 0 Å². The molecule has 0 saturated carbocycles. The van der Waals surface area contributed by atoms with Crippen LogP contribution in [0.25, 0.3) is 0 Å². The Kier molecular flexibility index (Phi) is 4.29. The van der Waals surface area contributed by atoms with Crippen molar-refractivity contribution in [2.45, 2.75) is 32.4 Å². The lowest BCUT2D eigenvalue weighted by molar-refractivity contribution is -0.119. The van der Waals surface area contributed by atoms with Crippen molar-refractivity contribution in [3.8, 4) is 5.75 Å². The Balaban J connectivity index is 1.80. The Morgan fingerprint density at radius 2 is 2.36 bits per heavy atom. The zero-order chi connectivity index (χ0) is 15.5. The van der Waals surface area contributed by atoms with Gasteiger partial charge in [0.1, 0.15) is 18.8 Å². The normalized spacial score (nSPS) is 17.0. The molecule has 0 spiro atoms. The summed E-state index contributed by atoms with van der Waals surface area (Å²) in [5.41, 5.74) is 0.737. The van der Waals surface area contributed by atoms with Gasteiger partial charge in [-0.05, 0) is 18.6 Å². The van der Waals surface area contributed by atoms with E-state index in [9.17, 15) is 4.79 Å². The second-order valence-corrected chi connectivity index (χ2v) is 5.56. The smallest absolute Gasteiger partial charge is 0.229 e. The van der Waals surface area contributed by atoms with E-state index in [1.165, 1.54) is 6.33 Å². The van der Waals surface area contributed by atoms with Crippen LogP contribution in [-0.4, -0.2) is 33.3 Å². The number of benzene rings is 1. The predicted octanol–water partition coefficient (Wildman–Crippen LogP) is 2.53. The molecule has 7 heteroatoms. The van der Waals surface area contributed by atoms with Crippen molar-refractivity contribution >= 4 is 23.2 Å². The number of hydrogen-bond acceptors (Lipinski definition) is 4. The summed E-state index contributed by atoms with van der Waals surface area (Å²) in [6.45, 7) is 3.08. The number of para-hydroxylation sites is 1. The first-order chi connectivity index (χ1) is 10.7. The predicted molar refractivity (Wildman–Crippen MR) is 83.2 cm³/mol. The lowest BCUT2D eigenvalue weighted by Gasteiger charge is -2.35. The number of amides is 1. The number of halogens is 1. The van der Waals surface area contributed by atoms with Crippen LogP contribution in [0.1, 0.15) is 19.8 Å². The molecule has 0 radical (unpaired) electrons. The molecular weight excluding hydrogens is 304 g/mol. The summed E-state index contributed by atoms with van der Waals surface area (Å²) in [7, 11) is 0. The fraction of sp³-hybridized carbons (Fsp3) is 0.400. The number of carbonyl (C=O) groups is 1. The molecule has 0 fully saturated rings. The molecule has 0 N–H and O–H groups in total. The van der Waals surface area contributed by atoms with Crippen molar-refractivity contribution in [2.24, 2.45) is 0 Å². The van der Waals surface area contributed by atoms with Crippen LogP contribution in [0.2, 0.25) is 5.02 Å². The highest BCUT2D eigenvalue weighted by Gasteiger charge is 2.30. The van der Waals surface area contributed by atoms with Gasteiger partial charge in [0.25, 0.3) is 0 Å². The summed E-state index contributed by atoms with van der Waals surface area (Å²) < 4.78 is 7.54. The fourth-order valence-electron chi connectivity index (χ4n) is 2.47. The molecule has 1 aliphatic rings. The van der Waals surface area contributed by atoms with E-state index in [2.05, 4.69) is 10.1 Å². The minimum atomic E-state index is -0.0391. The van der Waals surface area contributed by atoms with Gasteiger partial charge in [0.2, 0.25) is 5.91 Å². The molecular formula is C15H17ClN4O2. The largest absolute Gasteiger partial charge is 0.485 e. The highest BCUT2D eigenvalue weighted by molar-refractivity contribution is 6.32. The number of nitrogens with zero attached hydrogens (tertiary/aromatic N) is 4. The van der Waals surface area contributed by atoms with Crippen molar-refractivity contribution in [1.29, 1.82) is 0 Å². The van der Waals surface area contributed by atoms with E-state index >= 15 is 0 Å². The summed E-state index contributed by atoms with van der Waals surface area (Å²) in [6.07, 6.45) is 4.19. The summed E-state index contributed by atoms with van der Waals surface area (Å²) >= 11 is 6.21. The topological polar surface area (TPSA) is 60.2 Å². The van der Waals surface area contributed by atoms with Gasteiger partial charge in [-0.3, -0.25) is 9.48 Å². The van der Waals surface area contributed by atoms with Crippen LogP contribution in [0.5, 0.6) is 5.75 Å². The van der Waals surface area contributed by atoms with Gasteiger partial charge in [-0.2, -0.15) is 5.10 Å². The molecule has 3 rings (SSSR count). The van der Waals surface area contributed by atoms with Crippen LogP contribution in [0.3, 0.4) is 0 Å². The van der Waals surface area contributed by atoms with E-state index in [-0.39, 0.29) is 12.0 Å². The average molecular weight is 321 g/mol. The molecule has 1 aromatic carbocycles. The highest BCUT2D eigenvalue weighted by Crippen LogP contribution is 2.40. The lowest BCUT2D eigenvalue weighted by Crippen LogP contribution is -2.43. The molecule has 6 nitrogen and oxygen atoms in total. The van der Waals surface area contributed by atoms with Crippen molar-refractivity contribution in [3.05, 3.63) is 35.9 Å². The lowest BCUT2D eigenvalue weighted by atomic mass is 10.1. The van der Waals surface area contributed by atoms with Crippen LogP contribution in [0.15, 0.2) is 30.9 Å². The van der Waals surface area contributed by atoms with Gasteiger partial charge in [0.15, 0.2) is 5.75 Å². The third-order valence-electron chi connectivity index (χ3n) is 3.69. The van der Waals surface area contributed by atoms with Crippen molar-refractivity contribution in [1.82, 2.24) is 14.8 Å². The molecule has 1 amide bonds. The summed E-state index contributed by atoms with van der Waals surface area (Å²) in [4.78, 5) is 18.2. The van der Waals surface area contributed by atoms with E-state index < -0.39 is 0 Å². The van der Waals surface area contributed by atoms with E-state index in [0.717, 1.165) is 12.1 Å². The number of fused-ring (bicyclic) bond motifs is 1.